The maximum absolute atomic E-state index is 13.6. The molecule has 2 N–H and O–H groups in total. The largest absolute Gasteiger partial charge is 0.459 e. The number of hydrogen-bond acceptors (Lipinski definition) is 9. The Morgan fingerprint density at radius 3 is 2.46 bits per heavy atom. The maximum atomic E-state index is 13.6. The molecule has 1 aliphatic carbocycles. The van der Waals surface area contributed by atoms with E-state index in [1.807, 2.05) is 0 Å². The molecule has 1 saturated carbocycles. The van der Waals surface area contributed by atoms with Crippen LogP contribution in [-0.2, 0) is 23.9 Å². The Balaban J connectivity index is 2.05. The lowest BCUT2D eigenvalue weighted by molar-refractivity contribution is -0.165. The number of nitrogens with zero attached hydrogens (tertiary/aromatic N) is 4. The van der Waals surface area contributed by atoms with Gasteiger partial charge in [-0.05, 0) is 25.7 Å². The van der Waals surface area contributed by atoms with E-state index < -0.39 is 35.7 Å². The second-order valence-corrected chi connectivity index (χ2v) is 9.25. The Labute approximate surface area is 204 Å². The number of rotatable bonds is 8. The summed E-state index contributed by atoms with van der Waals surface area (Å²) in [7, 11) is 3.57. The number of carbonyl (C=O) groups is 3. The van der Waals surface area contributed by atoms with E-state index >= 15 is 0 Å². The van der Waals surface area contributed by atoms with Gasteiger partial charge in [0.25, 0.3) is 5.56 Å². The van der Waals surface area contributed by atoms with Crippen LogP contribution in [0.3, 0.4) is 0 Å². The topological polar surface area (TPSA) is 146 Å². The van der Waals surface area contributed by atoms with Gasteiger partial charge in [-0.2, -0.15) is 4.98 Å². The number of aromatic amines is 1. The third-order valence-corrected chi connectivity index (χ3v) is 6.05. The molecule has 0 radical (unpaired) electrons. The summed E-state index contributed by atoms with van der Waals surface area (Å²) in [6.07, 6.45) is 3.90. The maximum Gasteiger partial charge on any atom is 0.303 e. The predicted octanol–water partition coefficient (Wildman–Crippen LogP) is 1.58. The number of anilines is 2. The van der Waals surface area contributed by atoms with Crippen LogP contribution >= 0.6 is 0 Å². The first kappa shape index (κ1) is 26.2. The molecule has 1 unspecified atom stereocenters. The predicted molar refractivity (Wildman–Crippen MR) is 130 cm³/mol. The zero-order valence-corrected chi connectivity index (χ0v) is 20.9. The number of hydrogen-bond donors (Lipinski definition) is 2. The van der Waals surface area contributed by atoms with E-state index in [4.69, 9.17) is 9.47 Å². The lowest BCUT2D eigenvalue weighted by atomic mass is 9.98. The molecule has 1 aliphatic heterocycles. The third kappa shape index (κ3) is 6.58. The molecular weight excluding hydrogens is 456 g/mol. The molecule has 0 aromatic carbocycles. The van der Waals surface area contributed by atoms with Crippen molar-refractivity contribution in [1.29, 1.82) is 0 Å². The van der Waals surface area contributed by atoms with Gasteiger partial charge in [0.2, 0.25) is 11.9 Å². The summed E-state index contributed by atoms with van der Waals surface area (Å²) >= 11 is 0. The van der Waals surface area contributed by atoms with Crippen molar-refractivity contribution in [2.75, 3.05) is 30.9 Å². The van der Waals surface area contributed by atoms with Crippen LogP contribution in [0.15, 0.2) is 9.79 Å². The van der Waals surface area contributed by atoms with Crippen LogP contribution in [0.25, 0.3) is 0 Å². The fourth-order valence-electron chi connectivity index (χ4n) is 4.63. The molecule has 1 aromatic rings. The van der Waals surface area contributed by atoms with Crippen molar-refractivity contribution >= 4 is 41.6 Å². The highest BCUT2D eigenvalue weighted by Crippen LogP contribution is 2.34. The van der Waals surface area contributed by atoms with Gasteiger partial charge < -0.3 is 19.7 Å². The van der Waals surface area contributed by atoms with E-state index in [0.717, 1.165) is 25.7 Å². The average molecular weight is 491 g/mol. The van der Waals surface area contributed by atoms with E-state index in [1.165, 1.54) is 25.1 Å². The summed E-state index contributed by atoms with van der Waals surface area (Å²) in [6.45, 7) is 4.21. The fraction of sp³-hybridized carbons (Fsp3) is 0.652. The molecule has 3 rings (SSSR count). The number of nitrogens with one attached hydrogen (secondary N) is 2. The molecule has 1 aromatic heterocycles. The van der Waals surface area contributed by atoms with Gasteiger partial charge in [-0.1, -0.05) is 12.8 Å². The smallest absolute Gasteiger partial charge is 0.303 e. The molecule has 12 nitrogen and oxygen atoms in total. The van der Waals surface area contributed by atoms with Gasteiger partial charge in [-0.15, -0.1) is 0 Å². The van der Waals surface area contributed by atoms with Crippen LogP contribution < -0.4 is 15.8 Å². The summed E-state index contributed by atoms with van der Waals surface area (Å²) < 4.78 is 10.8. The minimum absolute atomic E-state index is 0.0280. The Morgan fingerprint density at radius 1 is 1.20 bits per heavy atom. The van der Waals surface area contributed by atoms with Gasteiger partial charge in [0, 0.05) is 40.9 Å². The van der Waals surface area contributed by atoms with E-state index in [-0.39, 0.29) is 42.2 Å². The summed E-state index contributed by atoms with van der Waals surface area (Å²) in [5, 5.41) is 3.08. The third-order valence-electron chi connectivity index (χ3n) is 6.05. The van der Waals surface area contributed by atoms with Crippen LogP contribution in [0.5, 0.6) is 0 Å². The SMILES string of the molecule is CC(=O)O[C@@H](C)[C@H](OC(C)=O)C1CNc2nc(/N=C/N(C)C)[nH]c(=O)c2N1C(=O)CC1CCCC1. The van der Waals surface area contributed by atoms with Gasteiger partial charge in [-0.3, -0.25) is 29.1 Å². The molecule has 2 heterocycles. The number of H-pyrrole nitrogens is 1. The van der Waals surface area contributed by atoms with E-state index in [0.29, 0.717) is 0 Å². The molecule has 0 spiro atoms. The standard InChI is InChI=1S/C23H34N6O6/c1-13(34-14(2)30)20(35-15(3)31)17-11-24-21-19(22(33)27-23(26-21)25-12-28(4)5)29(17)18(32)10-16-8-6-7-9-16/h12-13,16-17,20H,6-11H2,1-5H3,(H2,24,26,27,33)/b25-12+/t13-,17?,20-/m0/s1. The first-order chi connectivity index (χ1) is 16.6. The zero-order valence-electron chi connectivity index (χ0n) is 20.9. The minimum atomic E-state index is -1.00. The number of carbonyl (C=O) groups excluding carboxylic acids is 3. The normalized spacial score (nSPS) is 19.6. The Morgan fingerprint density at radius 2 is 1.86 bits per heavy atom. The second kappa shape index (κ2) is 11.3. The molecule has 192 valence electrons. The number of esters is 2. The lowest BCUT2D eigenvalue weighted by Crippen LogP contribution is -2.59. The van der Waals surface area contributed by atoms with Crippen molar-refractivity contribution in [2.24, 2.45) is 10.9 Å². The Hall–Kier alpha value is -3.44. The highest BCUT2D eigenvalue weighted by atomic mass is 16.6. The van der Waals surface area contributed by atoms with Crippen molar-refractivity contribution in [2.45, 2.75) is 71.1 Å². The van der Waals surface area contributed by atoms with Crippen LogP contribution in [0.1, 0.15) is 52.9 Å². The molecule has 3 atom stereocenters. The van der Waals surface area contributed by atoms with Crippen molar-refractivity contribution in [1.82, 2.24) is 14.9 Å². The second-order valence-electron chi connectivity index (χ2n) is 9.25. The van der Waals surface area contributed by atoms with Crippen molar-refractivity contribution in [3.8, 4) is 0 Å². The van der Waals surface area contributed by atoms with Crippen molar-refractivity contribution < 1.29 is 23.9 Å². The fourth-order valence-corrected chi connectivity index (χ4v) is 4.63. The molecular formula is C23H34N6O6. The molecule has 35 heavy (non-hydrogen) atoms. The van der Waals surface area contributed by atoms with Crippen LogP contribution in [0, 0.1) is 5.92 Å². The Bertz CT molecular complexity index is 1030. The quantitative estimate of drug-likeness (QED) is 0.315. The Kier molecular flexibility index (Phi) is 8.47. The van der Waals surface area contributed by atoms with Gasteiger partial charge in [0.1, 0.15) is 6.10 Å². The minimum Gasteiger partial charge on any atom is -0.459 e. The number of aromatic nitrogens is 2. The number of aliphatic imine (C=N–C) groups is 1. The number of fused-ring (bicyclic) bond motifs is 1. The first-order valence-electron chi connectivity index (χ1n) is 11.8. The van der Waals surface area contributed by atoms with E-state index in [9.17, 15) is 19.2 Å². The number of ether oxygens (including phenoxy) is 2. The average Bonchev–Trinajstić information content (AvgIpc) is 3.27. The summed E-state index contributed by atoms with van der Waals surface area (Å²) in [5.74, 6) is -0.906. The van der Waals surface area contributed by atoms with Crippen molar-refractivity contribution in [3.05, 3.63) is 10.4 Å². The monoisotopic (exact) mass is 490 g/mol. The van der Waals surface area contributed by atoms with E-state index in [1.54, 1.807) is 25.9 Å². The first-order valence-corrected chi connectivity index (χ1v) is 11.8. The molecule has 1 fully saturated rings. The summed E-state index contributed by atoms with van der Waals surface area (Å²) in [5.41, 5.74) is -0.528. The lowest BCUT2D eigenvalue weighted by Gasteiger charge is -2.41. The van der Waals surface area contributed by atoms with Crippen LogP contribution in [0.4, 0.5) is 17.5 Å². The van der Waals surface area contributed by atoms with Gasteiger partial charge in [0.05, 0.1) is 12.4 Å². The van der Waals surface area contributed by atoms with Crippen molar-refractivity contribution in [3.63, 3.8) is 0 Å². The van der Waals surface area contributed by atoms with E-state index in [2.05, 4.69) is 20.3 Å². The van der Waals surface area contributed by atoms with Gasteiger partial charge in [-0.25, -0.2) is 4.99 Å². The molecule has 2 aliphatic rings. The number of amides is 1. The summed E-state index contributed by atoms with van der Waals surface area (Å²) in [4.78, 5) is 64.6. The zero-order chi connectivity index (χ0) is 25.7. The highest BCUT2D eigenvalue weighted by molar-refractivity contribution is 5.98. The molecule has 12 heteroatoms. The van der Waals surface area contributed by atoms with Crippen LogP contribution in [0.2, 0.25) is 0 Å². The molecule has 1 amide bonds. The van der Waals surface area contributed by atoms with Gasteiger partial charge in [0.15, 0.2) is 17.6 Å². The van der Waals surface area contributed by atoms with Gasteiger partial charge >= 0.3 is 11.9 Å². The highest BCUT2D eigenvalue weighted by Gasteiger charge is 2.43. The van der Waals surface area contributed by atoms with Crippen LogP contribution in [-0.4, -0.2) is 77.9 Å². The summed E-state index contributed by atoms with van der Waals surface area (Å²) in [6, 6.07) is -0.798. The molecule has 0 bridgehead atoms. The molecule has 0 saturated heterocycles.